The minimum atomic E-state index is -1.13. The number of carbonyl (C=O) groups excluding carboxylic acids is 3. The van der Waals surface area contributed by atoms with Gasteiger partial charge in [-0.3, -0.25) is 4.79 Å². The number of hydrogen-bond donors (Lipinski definition) is 0. The van der Waals surface area contributed by atoms with Crippen molar-refractivity contribution in [1.82, 2.24) is 0 Å². The molecule has 0 aromatic heterocycles. The Morgan fingerprint density at radius 2 is 2.00 bits per heavy atom. The Bertz CT molecular complexity index is 436. The molecule has 1 unspecified atom stereocenters. The summed E-state index contributed by atoms with van der Waals surface area (Å²) in [6, 6.07) is 7.11. The van der Waals surface area contributed by atoms with Gasteiger partial charge in [0.1, 0.15) is 12.6 Å². The summed E-state index contributed by atoms with van der Waals surface area (Å²) in [5, 5.41) is 0. The molecule has 3 nitrogen and oxygen atoms in total. The average Bonchev–Trinajstić information content (AvgIpc) is 2.54. The average molecular weight is 202 g/mol. The number of ketones is 1. The SMILES string of the molecule is O=CCC1(C=O)Cc2ccccc2C1=O. The maximum Gasteiger partial charge on any atom is 0.177 e. The van der Waals surface area contributed by atoms with Crippen LogP contribution >= 0.6 is 0 Å². The first-order chi connectivity index (χ1) is 7.23. The highest BCUT2D eigenvalue weighted by Gasteiger charge is 2.44. The van der Waals surface area contributed by atoms with Gasteiger partial charge in [0, 0.05) is 12.0 Å². The minimum absolute atomic E-state index is 0.0238. The summed E-state index contributed by atoms with van der Waals surface area (Å²) >= 11 is 0. The molecule has 0 saturated heterocycles. The molecule has 0 saturated carbocycles. The van der Waals surface area contributed by atoms with Crippen molar-refractivity contribution in [2.45, 2.75) is 12.8 Å². The Labute approximate surface area is 87.1 Å². The van der Waals surface area contributed by atoms with Gasteiger partial charge in [-0.1, -0.05) is 24.3 Å². The zero-order valence-corrected chi connectivity index (χ0v) is 8.10. The lowest BCUT2D eigenvalue weighted by Gasteiger charge is -2.15. The third-order valence-electron chi connectivity index (χ3n) is 2.89. The second-order valence-electron chi connectivity index (χ2n) is 3.81. The fraction of sp³-hybridized carbons (Fsp3) is 0.250. The van der Waals surface area contributed by atoms with Gasteiger partial charge in [0.05, 0.1) is 5.41 Å². The van der Waals surface area contributed by atoms with E-state index in [-0.39, 0.29) is 12.2 Å². The van der Waals surface area contributed by atoms with E-state index in [1.165, 1.54) is 0 Å². The molecule has 0 amide bonds. The van der Waals surface area contributed by atoms with Crippen LogP contribution in [-0.2, 0) is 16.0 Å². The highest BCUT2D eigenvalue weighted by molar-refractivity contribution is 6.13. The van der Waals surface area contributed by atoms with E-state index < -0.39 is 5.41 Å². The zero-order chi connectivity index (χ0) is 10.9. The van der Waals surface area contributed by atoms with Crippen molar-refractivity contribution in [3.8, 4) is 0 Å². The summed E-state index contributed by atoms with van der Waals surface area (Å²) in [6.07, 6.45) is 1.58. The van der Waals surface area contributed by atoms with Crippen molar-refractivity contribution in [2.24, 2.45) is 5.41 Å². The van der Waals surface area contributed by atoms with Crippen molar-refractivity contribution >= 4 is 18.4 Å². The number of fused-ring (bicyclic) bond motifs is 1. The van der Waals surface area contributed by atoms with Crippen molar-refractivity contribution < 1.29 is 14.4 Å². The van der Waals surface area contributed by atoms with Crippen molar-refractivity contribution in [1.29, 1.82) is 0 Å². The first kappa shape index (κ1) is 9.77. The lowest BCUT2D eigenvalue weighted by atomic mass is 9.82. The number of carbonyl (C=O) groups is 3. The highest BCUT2D eigenvalue weighted by atomic mass is 16.1. The summed E-state index contributed by atoms with van der Waals surface area (Å²) in [4.78, 5) is 33.5. The number of Topliss-reactive ketones (excluding diaryl/α,β-unsaturated/α-hetero) is 1. The van der Waals surface area contributed by atoms with Crippen LogP contribution in [-0.4, -0.2) is 18.4 Å². The zero-order valence-electron chi connectivity index (χ0n) is 8.10. The molecule has 0 N–H and O–H groups in total. The van der Waals surface area contributed by atoms with Crippen LogP contribution in [0.5, 0.6) is 0 Å². The molecule has 0 spiro atoms. The molecule has 1 aromatic carbocycles. The van der Waals surface area contributed by atoms with E-state index in [1.807, 2.05) is 12.1 Å². The largest absolute Gasteiger partial charge is 0.303 e. The van der Waals surface area contributed by atoms with E-state index >= 15 is 0 Å². The van der Waals surface area contributed by atoms with E-state index in [1.54, 1.807) is 12.1 Å². The second kappa shape index (κ2) is 3.42. The third-order valence-corrected chi connectivity index (χ3v) is 2.89. The standard InChI is InChI=1S/C12H10O3/c13-6-5-12(8-14)7-9-3-1-2-4-10(9)11(12)15/h1-4,6,8H,5,7H2. The number of aldehydes is 2. The van der Waals surface area contributed by atoms with Crippen LogP contribution in [0.4, 0.5) is 0 Å². The van der Waals surface area contributed by atoms with Gasteiger partial charge in [-0.15, -0.1) is 0 Å². The predicted molar refractivity (Wildman–Crippen MR) is 53.7 cm³/mol. The third kappa shape index (κ3) is 1.31. The van der Waals surface area contributed by atoms with Crippen LogP contribution in [0.2, 0.25) is 0 Å². The molecular formula is C12H10O3. The van der Waals surface area contributed by atoms with Crippen molar-refractivity contribution in [3.05, 3.63) is 35.4 Å². The first-order valence-electron chi connectivity index (χ1n) is 4.76. The van der Waals surface area contributed by atoms with Gasteiger partial charge >= 0.3 is 0 Å². The maximum atomic E-state index is 11.9. The molecule has 76 valence electrons. The lowest BCUT2D eigenvalue weighted by Crippen LogP contribution is -2.30. The quantitative estimate of drug-likeness (QED) is 0.546. The molecule has 15 heavy (non-hydrogen) atoms. The van der Waals surface area contributed by atoms with Gasteiger partial charge in [0.2, 0.25) is 0 Å². The summed E-state index contributed by atoms with van der Waals surface area (Å²) in [5.74, 6) is -0.222. The van der Waals surface area contributed by atoms with Gasteiger partial charge in [-0.05, 0) is 12.0 Å². The molecule has 0 heterocycles. The van der Waals surface area contributed by atoms with Gasteiger partial charge in [-0.25, -0.2) is 0 Å². The van der Waals surface area contributed by atoms with Crippen LogP contribution in [0.3, 0.4) is 0 Å². The molecule has 1 aromatic rings. The van der Waals surface area contributed by atoms with E-state index in [0.717, 1.165) is 5.56 Å². The van der Waals surface area contributed by atoms with E-state index in [2.05, 4.69) is 0 Å². The smallest absolute Gasteiger partial charge is 0.177 e. The van der Waals surface area contributed by atoms with Gasteiger partial charge in [-0.2, -0.15) is 0 Å². The topological polar surface area (TPSA) is 51.2 Å². The van der Waals surface area contributed by atoms with Crippen LogP contribution in [0, 0.1) is 5.41 Å². The second-order valence-corrected chi connectivity index (χ2v) is 3.81. The van der Waals surface area contributed by atoms with E-state index in [4.69, 9.17) is 0 Å². The molecule has 1 atom stereocenters. The Morgan fingerprint density at radius 1 is 1.27 bits per heavy atom. The van der Waals surface area contributed by atoms with Crippen molar-refractivity contribution in [3.63, 3.8) is 0 Å². The predicted octanol–water partition coefficient (Wildman–Crippen LogP) is 1.20. The van der Waals surface area contributed by atoms with Gasteiger partial charge < -0.3 is 9.59 Å². The van der Waals surface area contributed by atoms with Gasteiger partial charge in [0.25, 0.3) is 0 Å². The Hall–Kier alpha value is -1.77. The molecule has 0 aliphatic heterocycles. The fourth-order valence-electron chi connectivity index (χ4n) is 2.04. The summed E-state index contributed by atoms with van der Waals surface area (Å²) in [5.41, 5.74) is 0.300. The van der Waals surface area contributed by atoms with Crippen LogP contribution in [0.1, 0.15) is 22.3 Å². The van der Waals surface area contributed by atoms with Gasteiger partial charge in [0.15, 0.2) is 5.78 Å². The first-order valence-corrected chi connectivity index (χ1v) is 4.76. The Kier molecular flexibility index (Phi) is 2.23. The van der Waals surface area contributed by atoms with E-state index in [9.17, 15) is 14.4 Å². The fourth-order valence-corrected chi connectivity index (χ4v) is 2.04. The lowest BCUT2D eigenvalue weighted by molar-refractivity contribution is -0.118. The van der Waals surface area contributed by atoms with E-state index in [0.29, 0.717) is 24.6 Å². The van der Waals surface area contributed by atoms with Crippen LogP contribution < -0.4 is 0 Å². The van der Waals surface area contributed by atoms with Crippen LogP contribution in [0.25, 0.3) is 0 Å². The highest BCUT2D eigenvalue weighted by Crippen LogP contribution is 2.37. The number of benzene rings is 1. The molecule has 2 rings (SSSR count). The minimum Gasteiger partial charge on any atom is -0.303 e. The monoisotopic (exact) mass is 202 g/mol. The molecule has 0 radical (unpaired) electrons. The molecule has 1 aliphatic rings. The summed E-state index contributed by atoms with van der Waals surface area (Å²) < 4.78 is 0. The summed E-state index contributed by atoms with van der Waals surface area (Å²) in [6.45, 7) is 0. The van der Waals surface area contributed by atoms with Crippen molar-refractivity contribution in [2.75, 3.05) is 0 Å². The molecule has 0 fully saturated rings. The maximum absolute atomic E-state index is 11.9. The molecule has 3 heteroatoms. The molecule has 0 bridgehead atoms. The number of hydrogen-bond acceptors (Lipinski definition) is 3. The Morgan fingerprint density at radius 3 is 2.60 bits per heavy atom. The van der Waals surface area contributed by atoms with Crippen LogP contribution in [0.15, 0.2) is 24.3 Å². The number of rotatable bonds is 3. The molecule has 1 aliphatic carbocycles. The Balaban J connectivity index is 2.48. The normalized spacial score (nSPS) is 23.6. The molecular weight excluding hydrogens is 192 g/mol. The summed E-state index contributed by atoms with van der Waals surface area (Å²) in [7, 11) is 0.